The average molecular weight is 350 g/mol. The van der Waals surface area contributed by atoms with Crippen molar-refractivity contribution in [1.82, 2.24) is 14.3 Å². The van der Waals surface area contributed by atoms with Crippen molar-refractivity contribution in [2.45, 2.75) is 20.0 Å². The molecule has 0 saturated carbocycles. The number of carbonyl (C=O) groups is 1. The zero-order chi connectivity index (χ0) is 17.2. The van der Waals surface area contributed by atoms with E-state index in [0.717, 1.165) is 28.0 Å². The molecule has 0 spiro atoms. The second kappa shape index (κ2) is 6.57. The molecule has 0 atom stereocenters. The van der Waals surface area contributed by atoms with Crippen molar-refractivity contribution in [1.29, 1.82) is 0 Å². The van der Waals surface area contributed by atoms with E-state index in [-0.39, 0.29) is 5.91 Å². The quantitative estimate of drug-likeness (QED) is 0.586. The van der Waals surface area contributed by atoms with Gasteiger partial charge in [0.25, 0.3) is 5.91 Å². The van der Waals surface area contributed by atoms with Gasteiger partial charge in [0.1, 0.15) is 5.69 Å². The van der Waals surface area contributed by atoms with Gasteiger partial charge in [0, 0.05) is 24.6 Å². The van der Waals surface area contributed by atoms with Crippen LogP contribution in [0, 0.1) is 0 Å². The normalized spacial score (nSPS) is 11.1. The van der Waals surface area contributed by atoms with Gasteiger partial charge in [-0.15, -0.1) is 11.3 Å². The van der Waals surface area contributed by atoms with Crippen molar-refractivity contribution in [3.05, 3.63) is 71.5 Å². The van der Waals surface area contributed by atoms with Gasteiger partial charge in [0.05, 0.1) is 16.8 Å². The maximum atomic E-state index is 12.7. The van der Waals surface area contributed by atoms with E-state index in [9.17, 15) is 4.79 Å². The van der Waals surface area contributed by atoms with Gasteiger partial charge in [0.15, 0.2) is 0 Å². The first-order chi connectivity index (χ1) is 12.2. The van der Waals surface area contributed by atoms with Gasteiger partial charge >= 0.3 is 0 Å². The summed E-state index contributed by atoms with van der Waals surface area (Å²) in [6, 6.07) is 13.8. The summed E-state index contributed by atoms with van der Waals surface area (Å²) in [7, 11) is 0. The predicted molar refractivity (Wildman–Crippen MR) is 101 cm³/mol. The summed E-state index contributed by atoms with van der Waals surface area (Å²) in [6.07, 6.45) is 3.68. The van der Waals surface area contributed by atoms with Gasteiger partial charge in [-0.25, -0.2) is 0 Å². The summed E-state index contributed by atoms with van der Waals surface area (Å²) in [4.78, 5) is 12.7. The lowest BCUT2D eigenvalue weighted by Gasteiger charge is -2.10. The van der Waals surface area contributed by atoms with E-state index in [1.165, 1.54) is 0 Å². The number of amides is 1. The number of aryl methyl sites for hydroxylation is 1. The maximum Gasteiger partial charge on any atom is 0.272 e. The summed E-state index contributed by atoms with van der Waals surface area (Å²) in [5, 5.41) is 9.29. The van der Waals surface area contributed by atoms with Crippen LogP contribution >= 0.6 is 11.3 Å². The number of thiophene rings is 1. The van der Waals surface area contributed by atoms with Crippen molar-refractivity contribution in [3.8, 4) is 0 Å². The van der Waals surface area contributed by atoms with Crippen LogP contribution in [0.4, 0.5) is 5.69 Å². The SMILES string of the molecule is CCn1c(C(=O)Nc2cccc(Cn3cccn3)c2)cc2sccc21. The minimum absolute atomic E-state index is 0.0820. The molecule has 4 aromatic rings. The Morgan fingerprint density at radius 1 is 1.24 bits per heavy atom. The summed E-state index contributed by atoms with van der Waals surface area (Å²) >= 11 is 1.66. The second-order valence-corrected chi connectivity index (χ2v) is 6.75. The number of hydrogen-bond acceptors (Lipinski definition) is 3. The summed E-state index contributed by atoms with van der Waals surface area (Å²) < 4.78 is 5.05. The lowest BCUT2D eigenvalue weighted by atomic mass is 10.2. The summed E-state index contributed by atoms with van der Waals surface area (Å²) in [5.41, 5.74) is 3.70. The van der Waals surface area contributed by atoms with E-state index in [4.69, 9.17) is 0 Å². The number of aromatic nitrogens is 3. The van der Waals surface area contributed by atoms with E-state index in [0.29, 0.717) is 12.2 Å². The fourth-order valence-electron chi connectivity index (χ4n) is 3.03. The number of anilines is 1. The first kappa shape index (κ1) is 15.7. The number of nitrogens with one attached hydrogen (secondary N) is 1. The Morgan fingerprint density at radius 3 is 2.96 bits per heavy atom. The molecule has 6 heteroatoms. The number of hydrogen-bond donors (Lipinski definition) is 1. The first-order valence-corrected chi connectivity index (χ1v) is 9.07. The molecule has 0 radical (unpaired) electrons. The molecule has 5 nitrogen and oxygen atoms in total. The van der Waals surface area contributed by atoms with Gasteiger partial charge in [-0.3, -0.25) is 9.48 Å². The lowest BCUT2D eigenvalue weighted by Crippen LogP contribution is -2.16. The number of benzene rings is 1. The molecule has 1 N–H and O–H groups in total. The number of rotatable bonds is 5. The molecule has 0 unspecified atom stereocenters. The van der Waals surface area contributed by atoms with E-state index >= 15 is 0 Å². The van der Waals surface area contributed by atoms with Crippen molar-refractivity contribution in [2.75, 3.05) is 5.32 Å². The molecule has 0 aliphatic heterocycles. The average Bonchev–Trinajstić information content (AvgIpc) is 3.31. The Labute approximate surface area is 149 Å². The monoisotopic (exact) mass is 350 g/mol. The maximum absolute atomic E-state index is 12.7. The molecule has 126 valence electrons. The fraction of sp³-hybridized carbons (Fsp3) is 0.158. The Kier molecular flexibility index (Phi) is 4.11. The van der Waals surface area contributed by atoms with Crippen LogP contribution in [0.25, 0.3) is 10.2 Å². The van der Waals surface area contributed by atoms with Crippen LogP contribution in [0.1, 0.15) is 23.0 Å². The molecule has 1 aromatic carbocycles. The standard InChI is InChI=1S/C19H18N4OS/c1-2-23-16-7-10-25-18(16)12-17(23)19(24)21-15-6-3-5-14(11-15)13-22-9-4-8-20-22/h3-12H,2,13H2,1H3,(H,21,24). The van der Waals surface area contributed by atoms with Gasteiger partial charge in [0.2, 0.25) is 0 Å². The van der Waals surface area contributed by atoms with Gasteiger partial charge < -0.3 is 9.88 Å². The largest absolute Gasteiger partial charge is 0.336 e. The Hall–Kier alpha value is -2.86. The number of fused-ring (bicyclic) bond motifs is 1. The molecular formula is C19H18N4OS. The predicted octanol–water partition coefficient (Wildman–Crippen LogP) is 4.22. The second-order valence-electron chi connectivity index (χ2n) is 5.80. The fourth-order valence-corrected chi connectivity index (χ4v) is 3.85. The Morgan fingerprint density at radius 2 is 2.16 bits per heavy atom. The third kappa shape index (κ3) is 3.08. The summed E-state index contributed by atoms with van der Waals surface area (Å²) in [5.74, 6) is -0.0820. The van der Waals surface area contributed by atoms with Crippen LogP contribution in [0.3, 0.4) is 0 Å². The topological polar surface area (TPSA) is 51.9 Å². The van der Waals surface area contributed by atoms with Crippen molar-refractivity contribution in [2.24, 2.45) is 0 Å². The van der Waals surface area contributed by atoms with Gasteiger partial charge in [-0.1, -0.05) is 12.1 Å². The smallest absolute Gasteiger partial charge is 0.272 e. The molecule has 3 heterocycles. The van der Waals surface area contributed by atoms with Gasteiger partial charge in [-0.05, 0) is 48.2 Å². The molecule has 0 saturated heterocycles. The first-order valence-electron chi connectivity index (χ1n) is 8.19. The van der Waals surface area contributed by atoms with Crippen molar-refractivity contribution in [3.63, 3.8) is 0 Å². The zero-order valence-electron chi connectivity index (χ0n) is 13.8. The minimum atomic E-state index is -0.0820. The molecular weight excluding hydrogens is 332 g/mol. The third-order valence-corrected chi connectivity index (χ3v) is 5.01. The van der Waals surface area contributed by atoms with Crippen LogP contribution in [-0.2, 0) is 13.1 Å². The van der Waals surface area contributed by atoms with E-state index in [2.05, 4.69) is 33.4 Å². The molecule has 0 aliphatic carbocycles. The van der Waals surface area contributed by atoms with Gasteiger partial charge in [-0.2, -0.15) is 5.10 Å². The molecule has 0 fully saturated rings. The lowest BCUT2D eigenvalue weighted by molar-refractivity contribution is 0.101. The van der Waals surface area contributed by atoms with E-state index < -0.39 is 0 Å². The van der Waals surface area contributed by atoms with Crippen LogP contribution in [-0.4, -0.2) is 20.3 Å². The molecule has 4 rings (SSSR count). The molecule has 3 aromatic heterocycles. The molecule has 0 bridgehead atoms. The Balaban J connectivity index is 1.56. The number of carbonyl (C=O) groups excluding carboxylic acids is 1. The zero-order valence-corrected chi connectivity index (χ0v) is 14.7. The van der Waals surface area contributed by atoms with Crippen LogP contribution in [0.15, 0.2) is 60.2 Å². The highest BCUT2D eigenvalue weighted by Crippen LogP contribution is 2.26. The van der Waals surface area contributed by atoms with Crippen LogP contribution in [0.2, 0.25) is 0 Å². The van der Waals surface area contributed by atoms with E-state index in [1.807, 2.05) is 47.3 Å². The van der Waals surface area contributed by atoms with Crippen molar-refractivity contribution >= 4 is 33.1 Å². The highest BCUT2D eigenvalue weighted by molar-refractivity contribution is 7.17. The summed E-state index contributed by atoms with van der Waals surface area (Å²) in [6.45, 7) is 3.50. The minimum Gasteiger partial charge on any atom is -0.336 e. The highest BCUT2D eigenvalue weighted by atomic mass is 32.1. The third-order valence-electron chi connectivity index (χ3n) is 4.16. The van der Waals surface area contributed by atoms with Crippen LogP contribution < -0.4 is 5.32 Å². The molecule has 0 aliphatic rings. The molecule has 25 heavy (non-hydrogen) atoms. The van der Waals surface area contributed by atoms with Crippen LogP contribution in [0.5, 0.6) is 0 Å². The van der Waals surface area contributed by atoms with E-state index in [1.54, 1.807) is 17.5 Å². The van der Waals surface area contributed by atoms with Crippen molar-refractivity contribution < 1.29 is 4.79 Å². The molecule has 1 amide bonds. The Bertz CT molecular complexity index is 1010. The highest BCUT2D eigenvalue weighted by Gasteiger charge is 2.15. The number of nitrogens with zero attached hydrogens (tertiary/aromatic N) is 3.